The smallest absolute Gasteiger partial charge is 0.346 e. The summed E-state index contributed by atoms with van der Waals surface area (Å²) in [5.74, 6) is 5.24. The number of hydrogen-bond acceptors (Lipinski definition) is 4. The zero-order valence-electron chi connectivity index (χ0n) is 41.1. The first kappa shape index (κ1) is 46.6. The van der Waals surface area contributed by atoms with Crippen LogP contribution in [0.4, 0.5) is 8.78 Å². The van der Waals surface area contributed by atoms with Crippen molar-refractivity contribution >= 4 is 65.3 Å². The molecule has 4 atom stereocenters. The summed E-state index contributed by atoms with van der Waals surface area (Å²) in [4.78, 5) is 28.1. The van der Waals surface area contributed by atoms with Gasteiger partial charge in [-0.05, 0) is 232 Å². The van der Waals surface area contributed by atoms with Crippen molar-refractivity contribution in [2.75, 3.05) is 0 Å². The molecule has 4 unspecified atom stereocenters. The average Bonchev–Trinajstić information content (AvgIpc) is 4.34. The lowest BCUT2D eigenvalue weighted by Gasteiger charge is -2.34. The highest BCUT2D eigenvalue weighted by Crippen LogP contribution is 2.85. The number of halogens is 4. The Bertz CT molecular complexity index is 3590. The molecule has 6 fully saturated rings. The predicted octanol–water partition coefficient (Wildman–Crippen LogP) is 18.3. The monoisotopic (exact) mass is 1110 g/mol. The number of carbonyl (C=O) groups excluding carboxylic acids is 2. The van der Waals surface area contributed by atoms with Gasteiger partial charge in [0.15, 0.2) is 0 Å². The van der Waals surface area contributed by atoms with Crippen LogP contribution >= 0.6 is 31.9 Å². The second kappa shape index (κ2) is 17.8. The van der Waals surface area contributed by atoms with Crippen LogP contribution in [0.5, 0.6) is 11.5 Å². The van der Waals surface area contributed by atoms with Gasteiger partial charge >= 0.3 is 11.9 Å². The maximum Gasteiger partial charge on any atom is 0.346 e. The Kier molecular flexibility index (Phi) is 11.2. The Morgan fingerprint density at radius 1 is 0.514 bits per heavy atom. The topological polar surface area (TPSA) is 52.6 Å². The maximum absolute atomic E-state index is 15.4. The summed E-state index contributed by atoms with van der Waals surface area (Å²) >= 11 is 6.60. The Morgan fingerprint density at radius 3 is 1.38 bits per heavy atom. The lowest BCUT2D eigenvalue weighted by Crippen LogP contribution is -2.23. The number of hydrogen-bond donors (Lipinski definition) is 0. The minimum absolute atomic E-state index is 0.136. The van der Waals surface area contributed by atoms with Crippen LogP contribution in [0.2, 0.25) is 0 Å². The summed E-state index contributed by atoms with van der Waals surface area (Å²) in [6.07, 6.45) is 11.9. The third-order valence-electron chi connectivity index (χ3n) is 18.9. The molecule has 14 rings (SSSR count). The van der Waals surface area contributed by atoms with E-state index in [1.807, 2.05) is 24.3 Å². The van der Waals surface area contributed by atoms with E-state index < -0.39 is 23.6 Å². The molecule has 6 aliphatic rings. The first-order valence-electron chi connectivity index (χ1n) is 26.7. The molecule has 8 heteroatoms. The highest BCUT2D eigenvalue weighted by Gasteiger charge is 2.80. The van der Waals surface area contributed by atoms with Crippen molar-refractivity contribution < 1.29 is 27.8 Å². The van der Waals surface area contributed by atoms with E-state index in [-0.39, 0.29) is 22.6 Å². The molecule has 1 spiro atoms. The van der Waals surface area contributed by atoms with Crippen molar-refractivity contribution in [2.24, 2.45) is 46.8 Å². The lowest BCUT2D eigenvalue weighted by atomic mass is 9.70. The summed E-state index contributed by atoms with van der Waals surface area (Å²) in [5, 5.41) is 3.10. The van der Waals surface area contributed by atoms with E-state index >= 15 is 8.78 Å². The van der Waals surface area contributed by atoms with E-state index in [2.05, 4.69) is 112 Å². The quantitative estimate of drug-likeness (QED) is 0.101. The van der Waals surface area contributed by atoms with Crippen molar-refractivity contribution in [2.45, 2.75) is 76.5 Å². The molecular formula is C66H54Br2F2O4. The molecule has 0 N–H and O–H groups in total. The van der Waals surface area contributed by atoms with Crippen LogP contribution in [-0.2, 0) is 0 Å². The van der Waals surface area contributed by atoms with Crippen LogP contribution in [-0.4, -0.2) is 11.9 Å². The zero-order valence-corrected chi connectivity index (χ0v) is 44.2. The molecule has 8 aromatic rings. The van der Waals surface area contributed by atoms with Crippen LogP contribution in [0.3, 0.4) is 0 Å². The molecule has 0 heterocycles. The fourth-order valence-electron chi connectivity index (χ4n) is 14.6. The van der Waals surface area contributed by atoms with Gasteiger partial charge in [0.05, 0.1) is 11.1 Å². The molecule has 6 saturated carbocycles. The summed E-state index contributed by atoms with van der Waals surface area (Å²) < 4.78 is 44.3. The van der Waals surface area contributed by atoms with Crippen LogP contribution in [0.1, 0.15) is 108 Å². The second-order valence-corrected chi connectivity index (χ2v) is 24.5. The van der Waals surface area contributed by atoms with Crippen molar-refractivity contribution in [3.05, 3.63) is 188 Å². The van der Waals surface area contributed by atoms with Crippen LogP contribution in [0.15, 0.2) is 155 Å². The standard InChI is InChI=1S/C66H54Br2F2O4/c1-35-62-63(35)66(62)28-26-41(27-29-66)38-4-8-40(9-5-38)44-15-21-50-46(31-44)17-25-58(74-65(72)52-23-19-48(68)33-56(52)70)61(50)60-49-20-14-43(30-45(49)16-24-57(60)73-64(71)51-22-18-47(67)32-55(51)69)39-6-2-36(3-7-39)37-10-12-42(13-11-37)59-53-34-54(53)59/h2-9,14-25,30-33,35,37,41-42,53-54,59,62-63H,10-13,26-29,34H2,1H3/t35?,37-,41?,42-,53?,54?,59?,62?,63?,66?. The number of esters is 2. The van der Waals surface area contributed by atoms with Crippen molar-refractivity contribution in [3.8, 4) is 44.9 Å². The number of benzene rings is 8. The molecule has 4 nitrogen and oxygen atoms in total. The van der Waals surface area contributed by atoms with Crippen molar-refractivity contribution in [1.29, 1.82) is 0 Å². The van der Waals surface area contributed by atoms with E-state index in [1.54, 1.807) is 24.3 Å². The summed E-state index contributed by atoms with van der Waals surface area (Å²) in [6, 6.07) is 46.1. The van der Waals surface area contributed by atoms with Gasteiger partial charge in [-0.2, -0.15) is 0 Å². The van der Waals surface area contributed by atoms with Gasteiger partial charge in [-0.15, -0.1) is 0 Å². The molecule has 0 amide bonds. The van der Waals surface area contributed by atoms with Crippen molar-refractivity contribution in [1.82, 2.24) is 0 Å². The molecule has 0 radical (unpaired) electrons. The summed E-state index contributed by atoms with van der Waals surface area (Å²) in [5.41, 5.74) is 8.11. The third-order valence-corrected chi connectivity index (χ3v) is 19.9. The van der Waals surface area contributed by atoms with E-state index in [9.17, 15) is 9.59 Å². The van der Waals surface area contributed by atoms with Crippen LogP contribution in [0, 0.1) is 58.5 Å². The van der Waals surface area contributed by atoms with Gasteiger partial charge in [0.25, 0.3) is 0 Å². The number of carbonyl (C=O) groups is 2. The third kappa shape index (κ3) is 8.07. The van der Waals surface area contributed by atoms with Gasteiger partial charge in [-0.1, -0.05) is 124 Å². The number of fused-ring (bicyclic) bond motifs is 6. The van der Waals surface area contributed by atoms with Gasteiger partial charge < -0.3 is 9.47 Å². The first-order valence-corrected chi connectivity index (χ1v) is 28.3. The van der Waals surface area contributed by atoms with Gasteiger partial charge in [0.1, 0.15) is 23.1 Å². The second-order valence-electron chi connectivity index (χ2n) is 22.7. The Hall–Kier alpha value is -5.96. The minimum atomic E-state index is -0.891. The zero-order chi connectivity index (χ0) is 50.1. The van der Waals surface area contributed by atoms with Crippen LogP contribution in [0.25, 0.3) is 54.9 Å². The predicted molar refractivity (Wildman–Crippen MR) is 295 cm³/mol. The lowest BCUT2D eigenvalue weighted by molar-refractivity contribution is 0.0718. The molecule has 370 valence electrons. The molecule has 0 saturated heterocycles. The Morgan fingerprint density at radius 2 is 0.959 bits per heavy atom. The largest absolute Gasteiger partial charge is 0.422 e. The van der Waals surface area contributed by atoms with E-state index in [1.165, 1.54) is 93.2 Å². The van der Waals surface area contributed by atoms with Gasteiger partial charge in [0.2, 0.25) is 0 Å². The first-order chi connectivity index (χ1) is 36.0. The number of ether oxygens (including phenoxy) is 2. The van der Waals surface area contributed by atoms with Crippen molar-refractivity contribution in [3.63, 3.8) is 0 Å². The molecule has 0 bridgehead atoms. The fraction of sp³-hybridized carbons (Fsp3) is 0.303. The van der Waals surface area contributed by atoms with Gasteiger partial charge in [0, 0.05) is 20.1 Å². The molecule has 0 aliphatic heterocycles. The van der Waals surface area contributed by atoms with Gasteiger partial charge in [-0.25, -0.2) is 18.4 Å². The highest BCUT2D eigenvalue weighted by molar-refractivity contribution is 9.10. The normalized spacial score (nSPS) is 27.1. The SMILES string of the molecule is CC1C2C1C21CCC(c2ccc(-c3ccc4c(-c5c(OC(=O)c6ccc(Br)cc6F)ccc6cc(-c7ccc([C@H]8CC[C@H](C9C%10CC%109)CC8)cc7)ccc56)c(OC(=O)c5ccc(Br)cc5F)ccc4c3)cc2)CC1. The Labute approximate surface area is 447 Å². The maximum atomic E-state index is 15.4. The van der Waals surface area contributed by atoms with Crippen LogP contribution < -0.4 is 9.47 Å². The van der Waals surface area contributed by atoms with E-state index in [0.29, 0.717) is 48.1 Å². The summed E-state index contributed by atoms with van der Waals surface area (Å²) in [6.45, 7) is 2.42. The minimum Gasteiger partial charge on any atom is -0.422 e. The molecule has 6 aliphatic carbocycles. The Balaban J connectivity index is 0.845. The van der Waals surface area contributed by atoms with Gasteiger partial charge in [-0.3, -0.25) is 0 Å². The average molecular weight is 1110 g/mol. The van der Waals surface area contributed by atoms with E-state index in [0.717, 1.165) is 74.5 Å². The summed E-state index contributed by atoms with van der Waals surface area (Å²) in [7, 11) is 0. The van der Waals surface area contributed by atoms with E-state index in [4.69, 9.17) is 9.47 Å². The molecular weight excluding hydrogens is 1050 g/mol. The molecule has 74 heavy (non-hydrogen) atoms. The number of rotatable bonds is 10. The molecule has 0 aromatic heterocycles. The fourth-order valence-corrected chi connectivity index (χ4v) is 15.3. The molecule has 8 aromatic carbocycles. The highest BCUT2D eigenvalue weighted by atomic mass is 79.9.